The van der Waals surface area contributed by atoms with Gasteiger partial charge in [0, 0.05) is 29.4 Å². The molecule has 0 atom stereocenters. The molecule has 0 aliphatic heterocycles. The van der Waals surface area contributed by atoms with Crippen molar-refractivity contribution in [2.45, 2.75) is 13.3 Å². The lowest BCUT2D eigenvalue weighted by Crippen LogP contribution is -2.06. The molecule has 0 fully saturated rings. The highest BCUT2D eigenvalue weighted by atomic mass is 16.5. The van der Waals surface area contributed by atoms with Gasteiger partial charge in [0.15, 0.2) is 0 Å². The first kappa shape index (κ1) is 23.0. The van der Waals surface area contributed by atoms with Crippen LogP contribution in [-0.4, -0.2) is 21.2 Å². The molecule has 5 rings (SSSR count). The lowest BCUT2D eigenvalue weighted by molar-refractivity contribution is -0.128. The number of carbonyl (C=O) groups excluding carboxylic acids is 1. The van der Waals surface area contributed by atoms with Gasteiger partial charge < -0.3 is 4.74 Å². The second-order valence-electron chi connectivity index (χ2n) is 8.32. The highest BCUT2D eigenvalue weighted by molar-refractivity contribution is 6.02. The molecule has 2 aromatic heterocycles. The molecule has 5 nitrogen and oxygen atoms in total. The number of para-hydroxylation sites is 1. The number of aromatic nitrogens is 3. The van der Waals surface area contributed by atoms with Crippen LogP contribution in [0.3, 0.4) is 0 Å². The predicted molar refractivity (Wildman–Crippen MR) is 144 cm³/mol. The summed E-state index contributed by atoms with van der Waals surface area (Å²) in [5, 5.41) is 8.21. The zero-order valence-electron chi connectivity index (χ0n) is 19.9. The molecule has 0 radical (unpaired) electrons. The Balaban J connectivity index is 1.77. The average molecular weight is 472 g/mol. The van der Waals surface area contributed by atoms with Crippen LogP contribution in [-0.2, 0) is 4.79 Å². The number of pyridine rings is 1. The predicted octanol–water partition coefficient (Wildman–Crippen LogP) is 7.09. The van der Waals surface area contributed by atoms with Gasteiger partial charge in [-0.2, -0.15) is 5.10 Å². The fraction of sp³-hybridized carbons (Fsp3) is 0.0645. The third-order valence-corrected chi connectivity index (χ3v) is 6.14. The summed E-state index contributed by atoms with van der Waals surface area (Å²) >= 11 is 0. The molecule has 1 N–H and O–H groups in total. The first-order valence-corrected chi connectivity index (χ1v) is 11.8. The van der Waals surface area contributed by atoms with Crippen LogP contribution >= 0.6 is 0 Å². The first-order valence-electron chi connectivity index (χ1n) is 11.8. The Labute approximate surface area is 209 Å². The van der Waals surface area contributed by atoms with Crippen molar-refractivity contribution in [3.05, 3.63) is 127 Å². The van der Waals surface area contributed by atoms with Crippen molar-refractivity contribution >= 4 is 28.0 Å². The smallest absolute Gasteiger partial charge is 0.335 e. The number of nitrogens with zero attached hydrogens (tertiary/aromatic N) is 2. The van der Waals surface area contributed by atoms with Crippen LogP contribution in [0.4, 0.5) is 0 Å². The number of nitrogens with one attached hydrogen (secondary N) is 1. The molecule has 5 aromatic rings. The fourth-order valence-electron chi connectivity index (χ4n) is 4.46. The zero-order chi connectivity index (χ0) is 24.9. The van der Waals surface area contributed by atoms with E-state index in [2.05, 4.69) is 65.1 Å². The van der Waals surface area contributed by atoms with E-state index in [1.807, 2.05) is 48.7 Å². The standard InChI is InChI=1S/C31H25N3O2/c1-3-26(23-9-7-8-22(18-23)21-14-16-32-17-15-21)31(24-12-13-28-25(19-24)20-33-34-28)27-10-5-6-11-29(27)36-30(35)4-2/h4-20H,2-3H2,1H3,(H,33,34)/b31-26+. The van der Waals surface area contributed by atoms with Gasteiger partial charge in [-0.1, -0.05) is 56.0 Å². The molecule has 5 heteroatoms. The van der Waals surface area contributed by atoms with Gasteiger partial charge in [0.05, 0.1) is 11.7 Å². The summed E-state index contributed by atoms with van der Waals surface area (Å²) in [4.78, 5) is 16.3. The Kier molecular flexibility index (Phi) is 6.54. The van der Waals surface area contributed by atoms with E-state index in [9.17, 15) is 4.79 Å². The van der Waals surface area contributed by atoms with E-state index in [1.54, 1.807) is 12.4 Å². The fourth-order valence-corrected chi connectivity index (χ4v) is 4.46. The second kappa shape index (κ2) is 10.2. The van der Waals surface area contributed by atoms with E-state index in [0.717, 1.165) is 56.3 Å². The number of esters is 1. The number of hydrogen-bond acceptors (Lipinski definition) is 4. The maximum absolute atomic E-state index is 12.2. The molecule has 0 spiro atoms. The number of hydrogen-bond donors (Lipinski definition) is 1. The van der Waals surface area contributed by atoms with Crippen LogP contribution in [0.5, 0.6) is 5.75 Å². The van der Waals surface area contributed by atoms with Gasteiger partial charge in [0.1, 0.15) is 5.75 Å². The summed E-state index contributed by atoms with van der Waals surface area (Å²) in [5.74, 6) is -0.00857. The topological polar surface area (TPSA) is 67.9 Å². The molecule has 0 aliphatic rings. The van der Waals surface area contributed by atoms with Crippen LogP contribution in [0.1, 0.15) is 30.0 Å². The molecule has 176 valence electrons. The largest absolute Gasteiger partial charge is 0.423 e. The van der Waals surface area contributed by atoms with E-state index in [-0.39, 0.29) is 0 Å². The molecule has 0 bridgehead atoms. The third kappa shape index (κ3) is 4.59. The number of carbonyl (C=O) groups is 1. The number of allylic oxidation sites excluding steroid dienone is 1. The van der Waals surface area contributed by atoms with Crippen molar-refractivity contribution in [3.8, 4) is 16.9 Å². The Bertz CT molecular complexity index is 1580. The quantitative estimate of drug-likeness (QED) is 0.119. The van der Waals surface area contributed by atoms with E-state index in [0.29, 0.717) is 5.75 Å². The highest BCUT2D eigenvalue weighted by Crippen LogP contribution is 2.40. The number of aromatic amines is 1. The minimum Gasteiger partial charge on any atom is -0.423 e. The normalized spacial score (nSPS) is 11.7. The van der Waals surface area contributed by atoms with E-state index < -0.39 is 5.97 Å². The van der Waals surface area contributed by atoms with Crippen molar-refractivity contribution in [1.29, 1.82) is 0 Å². The van der Waals surface area contributed by atoms with Crippen LogP contribution in [0, 0.1) is 0 Å². The molecule has 0 unspecified atom stereocenters. The summed E-state index contributed by atoms with van der Waals surface area (Å²) < 4.78 is 5.68. The van der Waals surface area contributed by atoms with Gasteiger partial charge in [0.25, 0.3) is 0 Å². The van der Waals surface area contributed by atoms with Crippen molar-refractivity contribution in [2.24, 2.45) is 0 Å². The Hall–Kier alpha value is -4.77. The van der Waals surface area contributed by atoms with Crippen LogP contribution in [0.25, 0.3) is 33.2 Å². The molecule has 3 aromatic carbocycles. The molecule has 0 aliphatic carbocycles. The highest BCUT2D eigenvalue weighted by Gasteiger charge is 2.19. The second-order valence-corrected chi connectivity index (χ2v) is 8.32. The summed E-state index contributed by atoms with van der Waals surface area (Å²) in [6, 6.07) is 26.3. The SMILES string of the molecule is C=CC(=O)Oc1ccccc1/C(=C(\CC)c1cccc(-c2ccncc2)c1)c1ccc2[nH]ncc2c1. The van der Waals surface area contributed by atoms with E-state index in [4.69, 9.17) is 4.74 Å². The van der Waals surface area contributed by atoms with Crippen molar-refractivity contribution < 1.29 is 9.53 Å². The van der Waals surface area contributed by atoms with Gasteiger partial charge in [-0.05, 0) is 76.2 Å². The van der Waals surface area contributed by atoms with Crippen molar-refractivity contribution in [2.75, 3.05) is 0 Å². The van der Waals surface area contributed by atoms with Gasteiger partial charge in [-0.25, -0.2) is 4.79 Å². The van der Waals surface area contributed by atoms with E-state index in [1.165, 1.54) is 6.08 Å². The van der Waals surface area contributed by atoms with Crippen molar-refractivity contribution in [3.63, 3.8) is 0 Å². The van der Waals surface area contributed by atoms with Crippen LogP contribution in [0.15, 0.2) is 110 Å². The van der Waals surface area contributed by atoms with E-state index >= 15 is 0 Å². The van der Waals surface area contributed by atoms with Gasteiger partial charge in [-0.3, -0.25) is 10.1 Å². The van der Waals surface area contributed by atoms with Crippen LogP contribution < -0.4 is 4.74 Å². The lowest BCUT2D eigenvalue weighted by atomic mass is 9.86. The van der Waals surface area contributed by atoms with Gasteiger partial charge in [0.2, 0.25) is 0 Å². The molecular weight excluding hydrogens is 446 g/mol. The monoisotopic (exact) mass is 471 g/mol. The molecule has 0 saturated heterocycles. The molecule has 36 heavy (non-hydrogen) atoms. The number of fused-ring (bicyclic) bond motifs is 1. The molecule has 0 saturated carbocycles. The molecular formula is C31H25N3O2. The molecule has 0 amide bonds. The Morgan fingerprint density at radius 3 is 2.58 bits per heavy atom. The number of benzene rings is 3. The summed E-state index contributed by atoms with van der Waals surface area (Å²) in [7, 11) is 0. The number of H-pyrrole nitrogens is 1. The van der Waals surface area contributed by atoms with Crippen molar-refractivity contribution in [1.82, 2.24) is 15.2 Å². The minimum atomic E-state index is -0.496. The Morgan fingerprint density at radius 1 is 0.944 bits per heavy atom. The third-order valence-electron chi connectivity index (χ3n) is 6.14. The summed E-state index contributed by atoms with van der Waals surface area (Å²) in [5.41, 5.74) is 8.25. The van der Waals surface area contributed by atoms with Gasteiger partial charge >= 0.3 is 5.97 Å². The summed E-state index contributed by atoms with van der Waals surface area (Å²) in [6.07, 6.45) is 7.36. The lowest BCUT2D eigenvalue weighted by Gasteiger charge is -2.19. The minimum absolute atomic E-state index is 0.487. The van der Waals surface area contributed by atoms with Crippen LogP contribution in [0.2, 0.25) is 0 Å². The maximum Gasteiger partial charge on any atom is 0.335 e. The average Bonchev–Trinajstić information content (AvgIpc) is 3.41. The zero-order valence-corrected chi connectivity index (χ0v) is 19.9. The number of rotatable bonds is 7. The summed E-state index contributed by atoms with van der Waals surface area (Å²) in [6.45, 7) is 5.70. The molecule has 2 heterocycles. The Morgan fingerprint density at radius 2 is 1.78 bits per heavy atom. The number of ether oxygens (including phenoxy) is 1. The first-order chi connectivity index (χ1) is 17.7. The van der Waals surface area contributed by atoms with Gasteiger partial charge in [-0.15, -0.1) is 0 Å². The maximum atomic E-state index is 12.2.